The van der Waals surface area contributed by atoms with Crippen LogP contribution in [0.1, 0.15) is 138 Å². The van der Waals surface area contributed by atoms with Crippen LogP contribution in [0.15, 0.2) is 140 Å². The lowest BCUT2D eigenvalue weighted by Gasteiger charge is -2.54. The molecule has 1 N–H and O–H groups in total. The Hall–Kier alpha value is -4.70. The molecule has 6 fully saturated rings. The summed E-state index contributed by atoms with van der Waals surface area (Å²) in [6, 6.07) is 53.7. The third-order valence-corrected chi connectivity index (χ3v) is 17.8. The number of aliphatic hydroxyl groups is 1. The van der Waals surface area contributed by atoms with E-state index in [1.807, 2.05) is 13.8 Å². The van der Waals surface area contributed by atoms with Crippen molar-refractivity contribution in [1.82, 2.24) is 0 Å². The van der Waals surface area contributed by atoms with E-state index < -0.39 is 11.2 Å². The van der Waals surface area contributed by atoms with Gasteiger partial charge in [0.25, 0.3) is 0 Å². The summed E-state index contributed by atoms with van der Waals surface area (Å²) in [5, 5.41) is 10.5. The lowest BCUT2D eigenvalue weighted by Crippen LogP contribution is -2.49. The smallest absolute Gasteiger partial charge is 0.330 e. The van der Waals surface area contributed by atoms with Crippen LogP contribution in [-0.4, -0.2) is 23.8 Å². The van der Waals surface area contributed by atoms with Gasteiger partial charge in [-0.1, -0.05) is 145 Å². The highest BCUT2D eigenvalue weighted by atomic mass is 16.5. The summed E-state index contributed by atoms with van der Waals surface area (Å²) in [5.74, 6) is 0. The summed E-state index contributed by atoms with van der Waals surface area (Å²) in [5.41, 5.74) is 17.3. The fourth-order valence-corrected chi connectivity index (χ4v) is 12.5. The van der Waals surface area contributed by atoms with Crippen LogP contribution in [0.2, 0.25) is 0 Å². The molecule has 6 aromatic carbocycles. The van der Waals surface area contributed by atoms with Crippen LogP contribution >= 0.6 is 0 Å². The van der Waals surface area contributed by atoms with Crippen LogP contribution in [0.25, 0.3) is 33.4 Å². The second-order valence-corrected chi connectivity index (χ2v) is 21.6. The summed E-state index contributed by atoms with van der Waals surface area (Å²) >= 11 is 0. The van der Waals surface area contributed by atoms with E-state index in [1.165, 1.54) is 133 Å². The van der Waals surface area contributed by atoms with Crippen molar-refractivity contribution >= 4 is 12.9 Å². The van der Waals surface area contributed by atoms with Gasteiger partial charge in [-0.3, -0.25) is 0 Å². The molecule has 4 bridgehead atoms. The lowest BCUT2D eigenvalue weighted by atomic mass is 9.50. The highest BCUT2D eigenvalue weighted by Gasteiger charge is 2.51. The van der Waals surface area contributed by atoms with Crippen molar-refractivity contribution in [2.24, 2.45) is 0 Å². The molecule has 6 aliphatic carbocycles. The molecule has 0 unspecified atom stereocenters. The van der Waals surface area contributed by atoms with Crippen LogP contribution in [0.5, 0.6) is 0 Å². The van der Waals surface area contributed by atoms with E-state index in [1.54, 1.807) is 32.5 Å². The molecule has 2 nitrogen and oxygen atoms in total. The summed E-state index contributed by atoms with van der Waals surface area (Å²) in [6.45, 7) is 12.0. The molecule has 6 aromatic rings. The molecule has 0 aromatic heterocycles. The normalized spacial score (nSPS) is 25.6. The second kappa shape index (κ2) is 15.8. The molecule has 0 spiro atoms. The van der Waals surface area contributed by atoms with Gasteiger partial charge in [-0.05, 0) is 207 Å². The molecule has 0 amide bonds. The Labute approximate surface area is 378 Å². The average Bonchev–Trinajstić information content (AvgIpc) is 3.32. The number of rotatable bonds is 11. The van der Waals surface area contributed by atoms with Gasteiger partial charge in [0, 0.05) is 0 Å². The molecule has 6 saturated carbocycles. The Balaban J connectivity index is 0.772. The molecule has 6 aliphatic rings. The van der Waals surface area contributed by atoms with E-state index >= 15 is 0 Å². The van der Waals surface area contributed by atoms with Crippen LogP contribution in [0, 0.1) is 13.8 Å². The van der Waals surface area contributed by atoms with Crippen LogP contribution in [0.4, 0.5) is 0 Å². The maximum Gasteiger partial charge on any atom is 0.330 e. The Morgan fingerprint density at radius 2 is 0.730 bits per heavy atom. The molecule has 1 radical (unpaired) electrons. The van der Waals surface area contributed by atoms with Crippen molar-refractivity contribution in [1.29, 1.82) is 0 Å². The predicted octanol–water partition coefficient (Wildman–Crippen LogP) is 14.2. The minimum Gasteiger partial charge on any atom is -0.427 e. The monoisotopic (exact) mass is 830 g/mol. The van der Waals surface area contributed by atoms with Gasteiger partial charge in [-0.25, -0.2) is 0 Å². The van der Waals surface area contributed by atoms with Crippen molar-refractivity contribution in [3.63, 3.8) is 0 Å². The number of benzene rings is 6. The molecule has 0 saturated heterocycles. The van der Waals surface area contributed by atoms with E-state index in [9.17, 15) is 5.11 Å². The minimum atomic E-state index is -0.935. The molecule has 12 rings (SSSR count). The third kappa shape index (κ3) is 7.56. The highest BCUT2D eigenvalue weighted by molar-refractivity contribution is 6.47. The molecule has 63 heavy (non-hydrogen) atoms. The van der Waals surface area contributed by atoms with Gasteiger partial charge in [-0.2, -0.15) is 0 Å². The number of hydrogen-bond acceptors (Lipinski definition) is 2. The Morgan fingerprint density at radius 3 is 1.06 bits per heavy atom. The van der Waals surface area contributed by atoms with E-state index in [2.05, 4.69) is 153 Å². The Morgan fingerprint density at radius 1 is 0.413 bits per heavy atom. The molecule has 3 heteroatoms. The first-order chi connectivity index (χ1) is 30.2. The van der Waals surface area contributed by atoms with Crippen molar-refractivity contribution in [3.05, 3.63) is 173 Å². The number of hydrogen-bond donors (Lipinski definition) is 1. The zero-order chi connectivity index (χ0) is 43.7. The summed E-state index contributed by atoms with van der Waals surface area (Å²) < 4.78 is 6.03. The zero-order valence-electron chi connectivity index (χ0n) is 38.7. The largest absolute Gasteiger partial charge is 0.427 e. The van der Waals surface area contributed by atoms with Gasteiger partial charge in [0.05, 0.1) is 11.2 Å². The maximum atomic E-state index is 10.5. The molecule has 0 aliphatic heterocycles. The van der Waals surface area contributed by atoms with E-state index in [0.29, 0.717) is 10.8 Å². The first-order valence-electron chi connectivity index (χ1n) is 24.0. The Kier molecular flexibility index (Phi) is 10.6. The van der Waals surface area contributed by atoms with Gasteiger partial charge in [-0.15, -0.1) is 0 Å². The average molecular weight is 830 g/mol. The van der Waals surface area contributed by atoms with Crippen LogP contribution < -0.4 is 5.46 Å². The summed E-state index contributed by atoms with van der Waals surface area (Å²) in [7, 11) is 1.80. The van der Waals surface area contributed by atoms with Crippen molar-refractivity contribution in [3.8, 4) is 33.4 Å². The predicted molar refractivity (Wildman–Crippen MR) is 264 cm³/mol. The van der Waals surface area contributed by atoms with Gasteiger partial charge in [0.15, 0.2) is 0 Å². The first kappa shape index (κ1) is 42.3. The van der Waals surface area contributed by atoms with Gasteiger partial charge in [0.2, 0.25) is 0 Å². The van der Waals surface area contributed by atoms with Crippen molar-refractivity contribution in [2.45, 2.75) is 151 Å². The van der Waals surface area contributed by atoms with Gasteiger partial charge in [0.1, 0.15) is 0 Å². The van der Waals surface area contributed by atoms with Crippen molar-refractivity contribution < 1.29 is 9.76 Å². The lowest BCUT2D eigenvalue weighted by molar-refractivity contribution is -0.0893. The fraction of sp³-hybridized carbons (Fsp3) is 0.400. The summed E-state index contributed by atoms with van der Waals surface area (Å²) in [4.78, 5) is 0. The third-order valence-electron chi connectivity index (χ3n) is 17.8. The topological polar surface area (TPSA) is 29.5 Å². The highest BCUT2D eigenvalue weighted by Crippen LogP contribution is 2.60. The van der Waals surface area contributed by atoms with E-state index in [0.717, 1.165) is 5.46 Å². The quantitative estimate of drug-likeness (QED) is 0.132. The fourth-order valence-electron chi connectivity index (χ4n) is 12.5. The molecular weight excluding hydrogens is 763 g/mol. The van der Waals surface area contributed by atoms with Gasteiger partial charge >= 0.3 is 7.48 Å². The van der Waals surface area contributed by atoms with Gasteiger partial charge < -0.3 is 9.76 Å². The van der Waals surface area contributed by atoms with E-state index in [4.69, 9.17) is 4.65 Å². The maximum absolute atomic E-state index is 10.5. The van der Waals surface area contributed by atoms with Crippen LogP contribution in [0.3, 0.4) is 0 Å². The minimum absolute atomic E-state index is 0.276. The van der Waals surface area contributed by atoms with Crippen LogP contribution in [-0.2, 0) is 26.3 Å². The molecular formula is C60H66BO2. The van der Waals surface area contributed by atoms with Crippen molar-refractivity contribution in [2.75, 3.05) is 0 Å². The second-order valence-electron chi connectivity index (χ2n) is 21.6. The Bertz CT molecular complexity index is 2540. The number of fused-ring (bicyclic) bond motifs is 6. The zero-order valence-corrected chi connectivity index (χ0v) is 38.7. The molecule has 0 atom stereocenters. The standard InChI is InChI=1S/C60H66BO2/c1-42-40-46(16-26-53(42)44-12-18-49(19-13-44)58-31-28-57(29-32-58,30-33-58)48-10-8-7-9-11-48)47-17-27-54(43(2)41-47)45-14-20-50(21-15-45)59-34-37-60(38-35-59,39-36-59)51-22-24-52(25-23-51)61-63-56(5,6)55(3,4)62/h7-27,40-41,62H,28-39H2,1-6H3. The SMILES string of the molecule is Cc1cc(-c2ccc(-c3ccc(C45CCC(c6ccc([B]OC(C)(C)C(C)(C)O)cc6)(CC4)CC5)cc3)c(C)c2)ccc1-c1ccc(C23CCC(c4ccccc4)(CC2)CC3)cc1. The molecule has 321 valence electrons. The van der Waals surface area contributed by atoms with E-state index in [-0.39, 0.29) is 10.8 Å². The molecule has 0 heterocycles. The first-order valence-corrected chi connectivity index (χ1v) is 24.0. The number of aryl methyl sites for hydroxylation is 2. The summed E-state index contributed by atoms with van der Waals surface area (Å²) in [6.07, 6.45) is 15.3.